The van der Waals surface area contributed by atoms with Gasteiger partial charge in [-0.05, 0) is 92.0 Å². The molecule has 0 aliphatic heterocycles. The van der Waals surface area contributed by atoms with E-state index in [1.54, 1.807) is 0 Å². The summed E-state index contributed by atoms with van der Waals surface area (Å²) in [6.07, 6.45) is 0. The third kappa shape index (κ3) is 6.19. The van der Waals surface area contributed by atoms with E-state index in [2.05, 4.69) is 200 Å². The van der Waals surface area contributed by atoms with E-state index in [1.807, 2.05) is 6.07 Å². The highest BCUT2D eigenvalue weighted by Gasteiger charge is 2.16. The second-order valence-electron chi connectivity index (χ2n) is 13.0. The van der Waals surface area contributed by atoms with Crippen LogP contribution in [0.5, 0.6) is 0 Å². The lowest BCUT2D eigenvalue weighted by molar-refractivity contribution is 1.23. The molecule has 0 N–H and O–H groups in total. The molecule has 9 rings (SSSR count). The zero-order chi connectivity index (χ0) is 34.7. The molecule has 1 heterocycles. The van der Waals surface area contributed by atoms with Crippen LogP contribution in [-0.4, -0.2) is 9.97 Å². The van der Waals surface area contributed by atoms with Crippen LogP contribution < -0.4 is 0 Å². The van der Waals surface area contributed by atoms with Gasteiger partial charge in [0.25, 0.3) is 0 Å². The van der Waals surface area contributed by atoms with Crippen molar-refractivity contribution in [1.29, 1.82) is 0 Å². The number of para-hydroxylation sites is 1. The molecule has 0 saturated carbocycles. The second kappa shape index (κ2) is 13.8. The van der Waals surface area contributed by atoms with Crippen molar-refractivity contribution < 1.29 is 0 Å². The molecule has 0 unspecified atom stereocenters. The maximum absolute atomic E-state index is 5.29. The molecule has 2 heteroatoms. The first-order valence-corrected chi connectivity index (χ1v) is 17.7. The minimum Gasteiger partial charge on any atom is -0.228 e. The summed E-state index contributed by atoms with van der Waals surface area (Å²) in [7, 11) is 0. The van der Waals surface area contributed by atoms with Crippen LogP contribution in [0.4, 0.5) is 0 Å². The Bertz CT molecular complexity index is 2610. The van der Waals surface area contributed by atoms with Crippen molar-refractivity contribution >= 4 is 10.9 Å². The Morgan fingerprint density at radius 2 is 0.654 bits per heavy atom. The Hall–Kier alpha value is -6.90. The predicted octanol–water partition coefficient (Wildman–Crippen LogP) is 13.3. The normalized spacial score (nSPS) is 11.1. The molecule has 244 valence electrons. The quantitative estimate of drug-likeness (QED) is 0.170. The summed E-state index contributed by atoms with van der Waals surface area (Å²) >= 11 is 0. The van der Waals surface area contributed by atoms with Gasteiger partial charge in [-0.3, -0.25) is 0 Å². The molecule has 0 amide bonds. The third-order valence-corrected chi connectivity index (χ3v) is 9.67. The van der Waals surface area contributed by atoms with Crippen LogP contribution in [0.3, 0.4) is 0 Å². The maximum atomic E-state index is 5.29. The molecule has 9 aromatic rings. The molecule has 2 nitrogen and oxygen atoms in total. The highest BCUT2D eigenvalue weighted by molar-refractivity contribution is 5.98. The van der Waals surface area contributed by atoms with E-state index in [9.17, 15) is 0 Å². The Morgan fingerprint density at radius 3 is 1.27 bits per heavy atom. The van der Waals surface area contributed by atoms with Crippen LogP contribution in [-0.2, 0) is 0 Å². The van der Waals surface area contributed by atoms with E-state index in [-0.39, 0.29) is 0 Å². The monoisotopic (exact) mass is 662 g/mol. The van der Waals surface area contributed by atoms with E-state index in [0.717, 1.165) is 50.0 Å². The lowest BCUT2D eigenvalue weighted by Crippen LogP contribution is -1.96. The van der Waals surface area contributed by atoms with E-state index in [0.29, 0.717) is 5.82 Å². The van der Waals surface area contributed by atoms with E-state index < -0.39 is 0 Å². The Morgan fingerprint density at radius 1 is 0.250 bits per heavy atom. The summed E-state index contributed by atoms with van der Waals surface area (Å²) in [6, 6.07) is 72.9. The van der Waals surface area contributed by atoms with Crippen molar-refractivity contribution in [2.45, 2.75) is 0 Å². The van der Waals surface area contributed by atoms with Gasteiger partial charge >= 0.3 is 0 Å². The lowest BCUT2D eigenvalue weighted by Gasteiger charge is -2.14. The number of rotatable bonds is 7. The molecule has 0 saturated heterocycles. The van der Waals surface area contributed by atoms with Crippen molar-refractivity contribution in [1.82, 2.24) is 9.97 Å². The number of aromatic nitrogens is 2. The molecule has 0 atom stereocenters. The summed E-state index contributed by atoms with van der Waals surface area (Å²) in [5, 5.41) is 1.03. The summed E-state index contributed by atoms with van der Waals surface area (Å²) in [6.45, 7) is 0. The number of nitrogens with zero attached hydrogens (tertiary/aromatic N) is 2. The van der Waals surface area contributed by atoms with Gasteiger partial charge in [-0.2, -0.15) is 0 Å². The fourth-order valence-corrected chi connectivity index (χ4v) is 7.08. The van der Waals surface area contributed by atoms with Crippen LogP contribution in [0.15, 0.2) is 206 Å². The van der Waals surface area contributed by atoms with E-state index in [1.165, 1.54) is 33.4 Å². The van der Waals surface area contributed by atoms with Crippen LogP contribution in [0, 0.1) is 0 Å². The number of hydrogen-bond acceptors (Lipinski definition) is 2. The summed E-state index contributed by atoms with van der Waals surface area (Å²) in [4.78, 5) is 10.4. The zero-order valence-corrected chi connectivity index (χ0v) is 28.5. The fourth-order valence-electron chi connectivity index (χ4n) is 7.08. The summed E-state index contributed by atoms with van der Waals surface area (Å²) in [5.74, 6) is 0.706. The molecule has 0 spiro atoms. The predicted molar refractivity (Wildman–Crippen MR) is 218 cm³/mol. The highest BCUT2D eigenvalue weighted by Crippen LogP contribution is 2.38. The van der Waals surface area contributed by atoms with Crippen molar-refractivity contribution in [3.05, 3.63) is 206 Å². The van der Waals surface area contributed by atoms with Gasteiger partial charge in [0.05, 0.1) is 11.2 Å². The molecule has 0 bridgehead atoms. The minimum absolute atomic E-state index is 0.706. The minimum atomic E-state index is 0.706. The van der Waals surface area contributed by atoms with Gasteiger partial charge in [0, 0.05) is 16.5 Å². The topological polar surface area (TPSA) is 25.8 Å². The first-order valence-electron chi connectivity index (χ1n) is 17.7. The van der Waals surface area contributed by atoms with E-state index in [4.69, 9.17) is 9.97 Å². The molecule has 0 radical (unpaired) electrons. The van der Waals surface area contributed by atoms with Crippen molar-refractivity contribution in [3.8, 4) is 78.3 Å². The SMILES string of the molecule is c1ccc(-c2cc(-c3ccccc3)cc(-c3cccc(-c4cccc(-c5nc(-c6ccccc6-c6ccccc6)c6ccccc6n5)c4)c3)c2)cc1. The van der Waals surface area contributed by atoms with Crippen molar-refractivity contribution in [2.24, 2.45) is 0 Å². The van der Waals surface area contributed by atoms with Crippen molar-refractivity contribution in [2.75, 3.05) is 0 Å². The Kier molecular flexibility index (Phi) is 8.24. The van der Waals surface area contributed by atoms with Gasteiger partial charge < -0.3 is 0 Å². The fraction of sp³-hybridized carbons (Fsp3) is 0. The van der Waals surface area contributed by atoms with Crippen molar-refractivity contribution in [3.63, 3.8) is 0 Å². The first kappa shape index (κ1) is 31.1. The van der Waals surface area contributed by atoms with Crippen LogP contribution in [0.25, 0.3) is 89.2 Å². The van der Waals surface area contributed by atoms with Gasteiger partial charge in [0.1, 0.15) is 0 Å². The zero-order valence-electron chi connectivity index (χ0n) is 28.5. The summed E-state index contributed by atoms with van der Waals surface area (Å²) < 4.78 is 0. The van der Waals surface area contributed by atoms with Gasteiger partial charge in [0.2, 0.25) is 0 Å². The molecular formula is C50H34N2. The number of benzene rings is 8. The van der Waals surface area contributed by atoms with Crippen LogP contribution >= 0.6 is 0 Å². The maximum Gasteiger partial charge on any atom is 0.160 e. The molecule has 0 fully saturated rings. The third-order valence-electron chi connectivity index (χ3n) is 9.67. The molecule has 0 aliphatic carbocycles. The van der Waals surface area contributed by atoms with Crippen LogP contribution in [0.2, 0.25) is 0 Å². The molecule has 52 heavy (non-hydrogen) atoms. The first-order chi connectivity index (χ1) is 25.8. The number of fused-ring (bicyclic) bond motifs is 1. The second-order valence-corrected chi connectivity index (χ2v) is 13.0. The molecule has 1 aromatic heterocycles. The van der Waals surface area contributed by atoms with Gasteiger partial charge in [-0.15, -0.1) is 0 Å². The summed E-state index contributed by atoms with van der Waals surface area (Å²) in [5.41, 5.74) is 15.6. The standard InChI is InChI=1S/C50H34N2/c1-4-16-35(17-5-1)42-32-43(36-18-6-2-7-19-36)34-44(33-42)40-24-14-22-38(30-40)39-23-15-25-41(31-39)50-51-48-29-13-12-28-47(48)49(52-50)46-27-11-10-26-45(46)37-20-8-3-9-21-37/h1-34H. The van der Waals surface area contributed by atoms with Crippen LogP contribution in [0.1, 0.15) is 0 Å². The van der Waals surface area contributed by atoms with Gasteiger partial charge in [-0.25, -0.2) is 9.97 Å². The Balaban J connectivity index is 1.13. The van der Waals surface area contributed by atoms with E-state index >= 15 is 0 Å². The Labute approximate surface area is 304 Å². The average Bonchev–Trinajstić information content (AvgIpc) is 3.24. The molecule has 0 aliphatic rings. The van der Waals surface area contributed by atoms with Gasteiger partial charge in [-0.1, -0.05) is 170 Å². The molecular weight excluding hydrogens is 629 g/mol. The highest BCUT2D eigenvalue weighted by atomic mass is 14.9. The smallest absolute Gasteiger partial charge is 0.160 e. The number of hydrogen-bond donors (Lipinski definition) is 0. The largest absolute Gasteiger partial charge is 0.228 e. The lowest BCUT2D eigenvalue weighted by atomic mass is 9.92. The van der Waals surface area contributed by atoms with Gasteiger partial charge in [0.15, 0.2) is 5.82 Å². The molecule has 8 aromatic carbocycles. The average molecular weight is 663 g/mol.